The molecule has 0 aromatic carbocycles. The molecule has 2 N–H and O–H groups in total. The molecule has 20 heavy (non-hydrogen) atoms. The summed E-state index contributed by atoms with van der Waals surface area (Å²) in [5, 5.41) is 0. The number of amides is 1. The van der Waals surface area contributed by atoms with Gasteiger partial charge in [0.1, 0.15) is 5.82 Å². The molecule has 3 heterocycles. The molecular formula is C15H14N4O. The number of hydrogen-bond donors (Lipinski definition) is 1. The van der Waals surface area contributed by atoms with Gasteiger partial charge in [0, 0.05) is 30.9 Å². The maximum absolute atomic E-state index is 12.8. The van der Waals surface area contributed by atoms with Crippen LogP contribution in [-0.2, 0) is 23.1 Å². The third-order valence-electron chi connectivity index (χ3n) is 4.38. The van der Waals surface area contributed by atoms with E-state index in [2.05, 4.69) is 9.97 Å². The lowest BCUT2D eigenvalue weighted by Crippen LogP contribution is -2.39. The summed E-state index contributed by atoms with van der Waals surface area (Å²) in [4.78, 5) is 23.2. The van der Waals surface area contributed by atoms with Crippen molar-refractivity contribution in [2.75, 3.05) is 17.7 Å². The van der Waals surface area contributed by atoms with E-state index in [1.807, 2.05) is 18.2 Å². The van der Waals surface area contributed by atoms with Gasteiger partial charge in [-0.05, 0) is 24.1 Å². The molecule has 5 heteroatoms. The normalized spacial score (nSPS) is 23.2. The van der Waals surface area contributed by atoms with Gasteiger partial charge in [0.2, 0.25) is 5.91 Å². The number of anilines is 2. The second-order valence-corrected chi connectivity index (χ2v) is 5.55. The van der Waals surface area contributed by atoms with Crippen LogP contribution in [0.4, 0.5) is 11.5 Å². The van der Waals surface area contributed by atoms with Gasteiger partial charge in [-0.1, -0.05) is 6.07 Å². The second kappa shape index (κ2) is 3.56. The topological polar surface area (TPSA) is 72.1 Å². The number of pyridine rings is 2. The first-order chi connectivity index (χ1) is 9.62. The van der Waals surface area contributed by atoms with Gasteiger partial charge in [0.05, 0.1) is 17.3 Å². The third kappa shape index (κ3) is 1.24. The van der Waals surface area contributed by atoms with E-state index in [0.717, 1.165) is 22.6 Å². The van der Waals surface area contributed by atoms with E-state index in [4.69, 9.17) is 5.73 Å². The molecule has 1 aliphatic heterocycles. The van der Waals surface area contributed by atoms with E-state index >= 15 is 0 Å². The highest BCUT2D eigenvalue weighted by molar-refractivity contribution is 6.07. The highest BCUT2D eigenvalue weighted by Gasteiger charge is 2.53. The van der Waals surface area contributed by atoms with Crippen LogP contribution >= 0.6 is 0 Å². The largest absolute Gasteiger partial charge is 0.397 e. The fourth-order valence-electron chi connectivity index (χ4n) is 3.45. The average molecular weight is 266 g/mol. The van der Waals surface area contributed by atoms with Crippen LogP contribution in [0.15, 0.2) is 30.6 Å². The number of carbonyl (C=O) groups is 1. The van der Waals surface area contributed by atoms with Crippen LogP contribution in [0, 0.1) is 0 Å². The van der Waals surface area contributed by atoms with Crippen molar-refractivity contribution in [2.24, 2.45) is 0 Å². The Morgan fingerprint density at radius 1 is 1.35 bits per heavy atom. The first-order valence-electron chi connectivity index (χ1n) is 6.59. The van der Waals surface area contributed by atoms with Gasteiger partial charge in [-0.15, -0.1) is 0 Å². The van der Waals surface area contributed by atoms with E-state index < -0.39 is 5.41 Å². The number of carbonyl (C=O) groups excluding carboxylic acids is 1. The summed E-state index contributed by atoms with van der Waals surface area (Å²) in [6.07, 6.45) is 4.66. The number of rotatable bonds is 0. The van der Waals surface area contributed by atoms with Crippen molar-refractivity contribution in [1.82, 2.24) is 9.97 Å². The summed E-state index contributed by atoms with van der Waals surface area (Å²) >= 11 is 0. The van der Waals surface area contributed by atoms with Crippen molar-refractivity contribution in [3.05, 3.63) is 47.4 Å². The number of nitrogens with zero attached hydrogens (tertiary/aromatic N) is 3. The maximum atomic E-state index is 12.8. The molecule has 0 saturated carbocycles. The predicted molar refractivity (Wildman–Crippen MR) is 75.4 cm³/mol. The molecule has 2 aromatic rings. The Balaban J connectivity index is 1.90. The zero-order valence-corrected chi connectivity index (χ0v) is 11.1. The minimum atomic E-state index is -0.540. The lowest BCUT2D eigenvalue weighted by atomic mass is 9.80. The Labute approximate surface area is 116 Å². The van der Waals surface area contributed by atoms with E-state index in [-0.39, 0.29) is 5.91 Å². The van der Waals surface area contributed by atoms with Gasteiger partial charge < -0.3 is 5.73 Å². The van der Waals surface area contributed by atoms with Crippen LogP contribution in [0.3, 0.4) is 0 Å². The molecule has 100 valence electrons. The van der Waals surface area contributed by atoms with Crippen molar-refractivity contribution in [2.45, 2.75) is 18.3 Å². The van der Waals surface area contributed by atoms with Crippen molar-refractivity contribution in [3.8, 4) is 0 Å². The van der Waals surface area contributed by atoms with Crippen LogP contribution in [0.2, 0.25) is 0 Å². The molecule has 5 nitrogen and oxygen atoms in total. The number of hydrogen-bond acceptors (Lipinski definition) is 4. The molecular weight excluding hydrogens is 252 g/mol. The Bertz CT molecular complexity index is 742. The van der Waals surface area contributed by atoms with Gasteiger partial charge in [0.25, 0.3) is 0 Å². The molecule has 1 spiro atoms. The molecule has 0 fully saturated rings. The van der Waals surface area contributed by atoms with Crippen LogP contribution in [0.5, 0.6) is 0 Å². The summed E-state index contributed by atoms with van der Waals surface area (Å²) in [5.74, 6) is 0.862. The Kier molecular flexibility index (Phi) is 2.03. The van der Waals surface area contributed by atoms with E-state index in [9.17, 15) is 4.79 Å². The molecule has 1 aliphatic carbocycles. The lowest BCUT2D eigenvalue weighted by Gasteiger charge is -2.21. The van der Waals surface area contributed by atoms with Crippen molar-refractivity contribution in [3.63, 3.8) is 0 Å². The summed E-state index contributed by atoms with van der Waals surface area (Å²) in [5.41, 5.74) is 8.96. The van der Waals surface area contributed by atoms with Gasteiger partial charge in [-0.2, -0.15) is 0 Å². The van der Waals surface area contributed by atoms with Crippen molar-refractivity contribution in [1.29, 1.82) is 0 Å². The van der Waals surface area contributed by atoms with Gasteiger partial charge >= 0.3 is 0 Å². The van der Waals surface area contributed by atoms with Crippen LogP contribution in [-0.4, -0.2) is 22.9 Å². The molecule has 1 amide bonds. The molecule has 0 radical (unpaired) electrons. The molecule has 1 unspecified atom stereocenters. The molecule has 1 atom stereocenters. The standard InChI is InChI=1S/C15H14N4O/c1-19-13-11(3-2-4-17-13)15(14(19)20)6-9-5-10(16)8-18-12(9)7-15/h2-5,8H,6-7,16H2,1H3. The number of nitrogen functional groups attached to an aromatic ring is 1. The minimum absolute atomic E-state index is 0.0998. The lowest BCUT2D eigenvalue weighted by molar-refractivity contribution is -0.122. The van der Waals surface area contributed by atoms with Crippen LogP contribution in [0.1, 0.15) is 16.8 Å². The summed E-state index contributed by atoms with van der Waals surface area (Å²) in [6.45, 7) is 0. The number of fused-ring (bicyclic) bond motifs is 3. The highest BCUT2D eigenvalue weighted by Crippen LogP contribution is 2.48. The molecule has 4 rings (SSSR count). The summed E-state index contributed by atoms with van der Waals surface area (Å²) < 4.78 is 0. The molecule has 2 aliphatic rings. The smallest absolute Gasteiger partial charge is 0.239 e. The monoisotopic (exact) mass is 266 g/mol. The van der Waals surface area contributed by atoms with Crippen LogP contribution in [0.25, 0.3) is 0 Å². The number of likely N-dealkylation sites (N-methyl/N-ethyl adjacent to an activating group) is 1. The van der Waals surface area contributed by atoms with Gasteiger partial charge in [-0.3, -0.25) is 14.7 Å². The summed E-state index contributed by atoms with van der Waals surface area (Å²) in [6, 6.07) is 5.81. The van der Waals surface area contributed by atoms with Crippen molar-refractivity contribution < 1.29 is 4.79 Å². The number of nitrogens with two attached hydrogens (primary N) is 1. The summed E-state index contributed by atoms with van der Waals surface area (Å²) in [7, 11) is 1.79. The fourth-order valence-corrected chi connectivity index (χ4v) is 3.45. The molecule has 0 bridgehead atoms. The SMILES string of the molecule is CN1C(=O)C2(Cc3cc(N)cnc3C2)c2cccnc21. The number of aromatic nitrogens is 2. The van der Waals surface area contributed by atoms with E-state index in [1.165, 1.54) is 0 Å². The van der Waals surface area contributed by atoms with Crippen molar-refractivity contribution >= 4 is 17.4 Å². The predicted octanol–water partition coefficient (Wildman–Crippen LogP) is 1.07. The van der Waals surface area contributed by atoms with E-state index in [0.29, 0.717) is 18.5 Å². The Hall–Kier alpha value is -2.43. The highest BCUT2D eigenvalue weighted by atomic mass is 16.2. The van der Waals surface area contributed by atoms with Gasteiger partial charge in [-0.25, -0.2) is 4.98 Å². The van der Waals surface area contributed by atoms with Gasteiger partial charge in [0.15, 0.2) is 0 Å². The second-order valence-electron chi connectivity index (χ2n) is 5.55. The first-order valence-corrected chi connectivity index (χ1v) is 6.59. The molecule has 2 aromatic heterocycles. The fraction of sp³-hybridized carbons (Fsp3) is 0.267. The average Bonchev–Trinajstić information content (AvgIpc) is 2.93. The Morgan fingerprint density at radius 2 is 2.20 bits per heavy atom. The first kappa shape index (κ1) is 11.4. The van der Waals surface area contributed by atoms with E-state index in [1.54, 1.807) is 24.3 Å². The zero-order chi connectivity index (χ0) is 13.9. The minimum Gasteiger partial charge on any atom is -0.397 e. The zero-order valence-electron chi connectivity index (χ0n) is 11.1. The Morgan fingerprint density at radius 3 is 3.05 bits per heavy atom. The molecule has 0 saturated heterocycles. The van der Waals surface area contributed by atoms with Crippen LogP contribution < -0.4 is 10.6 Å². The maximum Gasteiger partial charge on any atom is 0.239 e. The quantitative estimate of drug-likeness (QED) is 0.774. The third-order valence-corrected chi connectivity index (χ3v) is 4.38.